The smallest absolute Gasteiger partial charge is 0.199 e. The summed E-state index contributed by atoms with van der Waals surface area (Å²) < 4.78 is 33.9. The number of H-pyrrole nitrogens is 6. The van der Waals surface area contributed by atoms with Crippen molar-refractivity contribution in [1.82, 2.24) is 59.8 Å². The molecule has 0 radical (unpaired) electrons. The third kappa shape index (κ3) is 15.1. The summed E-state index contributed by atoms with van der Waals surface area (Å²) in [6.07, 6.45) is 28.7. The molecular formula is C83H73ClN12O6. The zero-order chi connectivity index (χ0) is 69.6. The largest absolute Gasteiger partial charge is 0.442 e. The highest BCUT2D eigenvalue weighted by atomic mass is 35.5. The standard InChI is InChI=1S/C18H14N2O.C15H16N2O.C14H14N2O.C13H12N2O.C12H10N2O.C11H7ClN2O/c1-2-6-13(7-3-1)10-18-20-12-17(21-18)15-11-19-16-9-5-4-8-14(15)16;1-2-3-8-15-17-10-14(18-15)12-9-16-13-7-5-4-6-11(12)13;1-2-5-14-16-9-13(17-14)11-8-15-12-7-4-3-6-10(11)12;1-2-13-15-8-12(16-13)10-7-14-11-6-4-3-5-9(10)11;1-8-13-7-12(15-8)10-6-14-11-5-3-2-4-9(10)11;12-11-10(15-6-14-11)8-5-13-9-4-2-1-3-7(8)9/h1-9,11-12,19H,10H2;4-7,9-10,16H,2-3,8H2,1H3;3-4,6-9,15H,2,5H2,1H3;3-8,14H,2H2,1H3;2-7,14H,1H3;1-6,13H. The molecule has 0 aliphatic heterocycles. The maximum atomic E-state index is 5.91. The Kier molecular flexibility index (Phi) is 20.5. The molecule has 12 heterocycles. The van der Waals surface area contributed by atoms with E-state index < -0.39 is 0 Å². The zero-order valence-electron chi connectivity index (χ0n) is 56.6. The maximum absolute atomic E-state index is 5.91. The summed E-state index contributed by atoms with van der Waals surface area (Å²) in [5.74, 6) is 8.58. The van der Waals surface area contributed by atoms with Crippen LogP contribution in [0.25, 0.3) is 133 Å². The van der Waals surface area contributed by atoms with E-state index in [2.05, 4.69) is 140 Å². The van der Waals surface area contributed by atoms with Gasteiger partial charge in [-0.25, -0.2) is 29.9 Å². The molecule has 0 amide bonds. The first-order valence-corrected chi connectivity index (χ1v) is 34.4. The summed E-state index contributed by atoms with van der Waals surface area (Å²) in [6, 6.07) is 59.1. The van der Waals surface area contributed by atoms with Crippen molar-refractivity contribution in [3.63, 3.8) is 0 Å². The molecule has 0 saturated heterocycles. The van der Waals surface area contributed by atoms with E-state index >= 15 is 0 Å². The van der Waals surface area contributed by atoms with Crippen LogP contribution in [0, 0.1) is 6.92 Å². The Morgan fingerprint density at radius 1 is 0.333 bits per heavy atom. The van der Waals surface area contributed by atoms with E-state index in [9.17, 15) is 0 Å². The van der Waals surface area contributed by atoms with Gasteiger partial charge in [0.15, 0.2) is 75.6 Å². The predicted molar refractivity (Wildman–Crippen MR) is 404 cm³/mol. The summed E-state index contributed by atoms with van der Waals surface area (Å²) in [7, 11) is 0. The van der Waals surface area contributed by atoms with Gasteiger partial charge in [0.1, 0.15) is 0 Å². The number of aromatic amines is 6. The van der Waals surface area contributed by atoms with Gasteiger partial charge in [0.25, 0.3) is 0 Å². The Morgan fingerprint density at radius 2 is 0.667 bits per heavy atom. The van der Waals surface area contributed by atoms with Crippen LogP contribution in [0.1, 0.15) is 75.1 Å². The lowest BCUT2D eigenvalue weighted by atomic mass is 10.1. The molecule has 0 fully saturated rings. The number of aryl methyl sites for hydroxylation is 4. The number of rotatable bonds is 14. The number of benzene rings is 7. The number of hydrogen-bond donors (Lipinski definition) is 6. The van der Waals surface area contributed by atoms with E-state index in [0.29, 0.717) is 23.2 Å². The summed E-state index contributed by atoms with van der Waals surface area (Å²) in [6.45, 7) is 8.17. The minimum absolute atomic E-state index is 0.389. The Bertz CT molecular complexity index is 5840. The van der Waals surface area contributed by atoms with Crippen molar-refractivity contribution in [2.45, 2.75) is 72.6 Å². The van der Waals surface area contributed by atoms with Gasteiger partial charge in [0.05, 0.1) is 31.0 Å². The number of para-hydroxylation sites is 6. The van der Waals surface area contributed by atoms with Gasteiger partial charge >= 0.3 is 0 Å². The number of aromatic nitrogens is 12. The second kappa shape index (κ2) is 31.5. The lowest BCUT2D eigenvalue weighted by molar-refractivity contribution is 0.497. The monoisotopic (exact) mass is 1370 g/mol. The number of oxazole rings is 6. The minimum atomic E-state index is 0.389. The predicted octanol–water partition coefficient (Wildman–Crippen LogP) is 22.3. The van der Waals surface area contributed by atoms with Crippen molar-refractivity contribution in [3.8, 4) is 67.9 Å². The van der Waals surface area contributed by atoms with E-state index in [1.807, 2.05) is 166 Å². The fourth-order valence-electron chi connectivity index (χ4n) is 12.1. The highest BCUT2D eigenvalue weighted by Crippen LogP contribution is 2.36. The first-order valence-electron chi connectivity index (χ1n) is 34.0. The first-order chi connectivity index (χ1) is 50.2. The van der Waals surface area contributed by atoms with Crippen molar-refractivity contribution in [1.29, 1.82) is 0 Å². The average Bonchev–Trinajstić information content (AvgIpc) is 1.65. The lowest BCUT2D eigenvalue weighted by Crippen LogP contribution is -1.86. The van der Waals surface area contributed by atoms with Gasteiger partial charge in [-0.1, -0.05) is 178 Å². The topological polar surface area (TPSA) is 251 Å². The molecule has 0 spiro atoms. The van der Waals surface area contributed by atoms with E-state index in [1.54, 1.807) is 24.8 Å². The van der Waals surface area contributed by atoms with Crippen molar-refractivity contribution in [2.24, 2.45) is 0 Å². The molecule has 7 aromatic carbocycles. The second-order valence-corrected chi connectivity index (χ2v) is 24.4. The molecule has 0 atom stereocenters. The SMILES string of the molecule is CCCCc1ncc(-c2c[nH]c3ccccc23)o1.CCCc1ncc(-c2c[nH]c3ccccc23)o1.CCc1ncc(-c2c[nH]c3ccccc23)o1.Cc1ncc(-c2c[nH]c3ccccc23)o1.Clc1ncoc1-c1c[nH]c2ccccc12.c1ccc(Cc2ncc(-c3c[nH]c4ccccc34)o2)cc1. The first kappa shape index (κ1) is 66.6. The van der Waals surface area contributed by atoms with Gasteiger partial charge in [0, 0.05) is 169 Å². The van der Waals surface area contributed by atoms with Crippen LogP contribution < -0.4 is 0 Å². The van der Waals surface area contributed by atoms with E-state index in [1.165, 1.54) is 28.1 Å². The molecule has 19 heteroatoms. The fraction of sp³-hybridized carbons (Fsp3) is 0.133. The van der Waals surface area contributed by atoms with E-state index in [0.717, 1.165) is 174 Å². The summed E-state index contributed by atoms with van der Waals surface area (Å²) in [5.41, 5.74) is 14.1. The summed E-state index contributed by atoms with van der Waals surface area (Å²) in [5, 5.41) is 7.30. The summed E-state index contributed by atoms with van der Waals surface area (Å²) in [4.78, 5) is 44.5. The fourth-order valence-corrected chi connectivity index (χ4v) is 12.2. The van der Waals surface area contributed by atoms with Crippen LogP contribution in [0.15, 0.2) is 277 Å². The maximum Gasteiger partial charge on any atom is 0.199 e. The molecule has 102 heavy (non-hydrogen) atoms. The molecule has 6 N–H and O–H groups in total. The molecule has 0 unspecified atom stereocenters. The normalized spacial score (nSPS) is 11.1. The van der Waals surface area contributed by atoms with Crippen LogP contribution in [-0.2, 0) is 25.7 Å². The van der Waals surface area contributed by atoms with Crippen molar-refractivity contribution in [3.05, 3.63) is 291 Å². The number of nitrogens with one attached hydrogen (secondary N) is 6. The van der Waals surface area contributed by atoms with Gasteiger partial charge in [-0.3, -0.25) is 0 Å². The number of unbranched alkanes of at least 4 members (excludes halogenated alkanes) is 1. The molecule has 19 aromatic rings. The van der Waals surface area contributed by atoms with Crippen LogP contribution >= 0.6 is 11.6 Å². The number of fused-ring (bicyclic) bond motifs is 6. The molecule has 0 aliphatic rings. The van der Waals surface area contributed by atoms with Crippen LogP contribution in [0.5, 0.6) is 0 Å². The van der Waals surface area contributed by atoms with Gasteiger partial charge in [-0.2, -0.15) is 0 Å². The van der Waals surface area contributed by atoms with E-state index in [4.69, 9.17) is 38.1 Å². The molecule has 508 valence electrons. The highest BCUT2D eigenvalue weighted by molar-refractivity contribution is 6.32. The third-order valence-corrected chi connectivity index (χ3v) is 17.4. The van der Waals surface area contributed by atoms with E-state index in [-0.39, 0.29) is 0 Å². The minimum Gasteiger partial charge on any atom is -0.442 e. The Hall–Kier alpha value is -12.7. The van der Waals surface area contributed by atoms with Gasteiger partial charge in [-0.05, 0) is 54.8 Å². The molecule has 0 bridgehead atoms. The zero-order valence-corrected chi connectivity index (χ0v) is 57.4. The second-order valence-electron chi connectivity index (χ2n) is 24.0. The van der Waals surface area contributed by atoms with Crippen LogP contribution in [0.2, 0.25) is 5.15 Å². The van der Waals surface area contributed by atoms with Crippen LogP contribution in [0.4, 0.5) is 0 Å². The quantitative estimate of drug-likeness (QED) is 0.0595. The third-order valence-electron chi connectivity index (χ3n) is 17.2. The molecule has 18 nitrogen and oxygen atoms in total. The van der Waals surface area contributed by atoms with Crippen molar-refractivity contribution < 1.29 is 26.5 Å². The molecular weight excluding hydrogens is 1300 g/mol. The van der Waals surface area contributed by atoms with Crippen molar-refractivity contribution >= 4 is 77.0 Å². The van der Waals surface area contributed by atoms with Crippen LogP contribution in [0.3, 0.4) is 0 Å². The average molecular weight is 1370 g/mol. The van der Waals surface area contributed by atoms with Gasteiger partial charge in [-0.15, -0.1) is 0 Å². The molecule has 19 rings (SSSR count). The Labute approximate surface area is 591 Å². The lowest BCUT2D eigenvalue weighted by Gasteiger charge is -1.96. The molecule has 0 aliphatic carbocycles. The summed E-state index contributed by atoms with van der Waals surface area (Å²) >= 11 is 5.91. The van der Waals surface area contributed by atoms with Crippen molar-refractivity contribution in [2.75, 3.05) is 0 Å². The highest BCUT2D eigenvalue weighted by Gasteiger charge is 2.17. The van der Waals surface area contributed by atoms with Gasteiger partial charge in [0.2, 0.25) is 0 Å². The number of nitrogens with zero attached hydrogens (tertiary/aromatic N) is 6. The van der Waals surface area contributed by atoms with Crippen LogP contribution in [-0.4, -0.2) is 59.8 Å². The number of halogens is 1. The molecule has 0 saturated carbocycles. The molecule has 12 aromatic heterocycles. The Balaban J connectivity index is 0.000000104. The number of hydrogen-bond acceptors (Lipinski definition) is 12. The Morgan fingerprint density at radius 3 is 1.03 bits per heavy atom. The van der Waals surface area contributed by atoms with Gasteiger partial charge < -0.3 is 56.4 Å².